The van der Waals surface area contributed by atoms with Gasteiger partial charge < -0.3 is 24.1 Å². The molecule has 0 radical (unpaired) electrons. The van der Waals surface area contributed by atoms with Crippen LogP contribution in [-0.4, -0.2) is 51.0 Å². The molecule has 0 heterocycles. The van der Waals surface area contributed by atoms with Crippen molar-refractivity contribution >= 4 is 5.78 Å². The van der Waals surface area contributed by atoms with E-state index in [2.05, 4.69) is 6.58 Å². The molecule has 2 aliphatic rings. The van der Waals surface area contributed by atoms with Crippen LogP contribution in [0.4, 0.5) is 0 Å². The van der Waals surface area contributed by atoms with Crippen LogP contribution in [0.3, 0.4) is 0 Å². The van der Waals surface area contributed by atoms with Gasteiger partial charge in [0.25, 0.3) is 0 Å². The molecule has 0 saturated heterocycles. The third-order valence-corrected chi connectivity index (χ3v) is 6.25. The van der Waals surface area contributed by atoms with Crippen molar-refractivity contribution in [3.8, 4) is 17.2 Å². The fourth-order valence-electron chi connectivity index (χ4n) is 4.89. The zero-order valence-electron chi connectivity index (χ0n) is 17.0. The van der Waals surface area contributed by atoms with Gasteiger partial charge in [-0.2, -0.15) is 0 Å². The summed E-state index contributed by atoms with van der Waals surface area (Å²) >= 11 is 0. The van der Waals surface area contributed by atoms with Gasteiger partial charge in [-0.3, -0.25) is 4.79 Å². The largest absolute Gasteiger partial charge is 0.493 e. The van der Waals surface area contributed by atoms with Gasteiger partial charge in [0.2, 0.25) is 5.75 Å². The number of ether oxygens (including phenoxy) is 4. The van der Waals surface area contributed by atoms with Crippen molar-refractivity contribution in [2.75, 3.05) is 28.4 Å². The first kappa shape index (κ1) is 20.4. The Morgan fingerprint density at radius 1 is 1.11 bits per heavy atom. The van der Waals surface area contributed by atoms with E-state index in [0.29, 0.717) is 29.2 Å². The normalized spacial score (nSPS) is 31.4. The number of hydrogen-bond acceptors (Lipinski definition) is 6. The average Bonchev–Trinajstić information content (AvgIpc) is 2.86. The van der Waals surface area contributed by atoms with E-state index in [1.807, 2.05) is 19.1 Å². The van der Waals surface area contributed by atoms with Crippen LogP contribution in [-0.2, 0) is 9.53 Å². The van der Waals surface area contributed by atoms with Gasteiger partial charge in [-0.15, -0.1) is 6.58 Å². The van der Waals surface area contributed by atoms with Gasteiger partial charge in [-0.05, 0) is 41.7 Å². The van der Waals surface area contributed by atoms with Gasteiger partial charge >= 0.3 is 0 Å². The Bertz CT molecular complexity index is 788. The maximum absolute atomic E-state index is 13.2. The summed E-state index contributed by atoms with van der Waals surface area (Å²) < 4.78 is 22.2. The molecule has 0 spiro atoms. The molecule has 0 aromatic heterocycles. The van der Waals surface area contributed by atoms with Crippen molar-refractivity contribution in [1.82, 2.24) is 0 Å². The molecule has 1 saturated carbocycles. The first-order valence-corrected chi connectivity index (χ1v) is 9.30. The molecule has 5 atom stereocenters. The Morgan fingerprint density at radius 3 is 2.18 bits per heavy atom. The number of fused-ring (bicyclic) bond motifs is 2. The monoisotopic (exact) mass is 388 g/mol. The molecule has 1 fully saturated rings. The van der Waals surface area contributed by atoms with Crippen LogP contribution in [0.1, 0.15) is 24.8 Å². The quantitative estimate of drug-likeness (QED) is 0.724. The third-order valence-electron chi connectivity index (χ3n) is 6.25. The zero-order valence-corrected chi connectivity index (χ0v) is 17.0. The number of aliphatic hydroxyl groups is 1. The second-order valence-corrected chi connectivity index (χ2v) is 7.33. The lowest BCUT2D eigenvalue weighted by Crippen LogP contribution is -2.48. The number of carbonyl (C=O) groups is 1. The highest BCUT2D eigenvalue weighted by molar-refractivity contribution is 6.00. The van der Waals surface area contributed by atoms with Crippen molar-refractivity contribution in [1.29, 1.82) is 0 Å². The summed E-state index contributed by atoms with van der Waals surface area (Å²) in [6.07, 6.45) is 3.00. The molecule has 28 heavy (non-hydrogen) atoms. The van der Waals surface area contributed by atoms with Crippen molar-refractivity contribution in [3.63, 3.8) is 0 Å². The minimum Gasteiger partial charge on any atom is -0.493 e. The Morgan fingerprint density at radius 2 is 1.71 bits per heavy atom. The number of Topliss-reactive ketones (excluding diaryl/α,β-unsaturated/α-hetero) is 1. The number of ketones is 1. The Hall–Kier alpha value is -2.31. The van der Waals surface area contributed by atoms with Crippen LogP contribution in [0.15, 0.2) is 36.4 Å². The molecular formula is C22H28O6. The van der Waals surface area contributed by atoms with Crippen LogP contribution in [0.2, 0.25) is 0 Å². The molecule has 2 aliphatic carbocycles. The summed E-state index contributed by atoms with van der Waals surface area (Å²) in [7, 11) is 6.23. The number of rotatable bonds is 7. The SMILES string of the molecule is C=CCC1=C[C@@]2(OC)C(O)[C@H](C1=O)C(c1cc(OC)c(OC)c(OC)c1)[C@H]2C. The predicted octanol–water partition coefficient (Wildman–Crippen LogP) is 2.89. The lowest BCUT2D eigenvalue weighted by molar-refractivity contribution is -0.130. The Labute approximate surface area is 165 Å². The summed E-state index contributed by atoms with van der Waals surface area (Å²) in [6.45, 7) is 5.75. The van der Waals surface area contributed by atoms with E-state index in [0.717, 1.165) is 5.56 Å². The number of methoxy groups -OCH3 is 4. The molecule has 0 amide bonds. The van der Waals surface area contributed by atoms with E-state index in [1.54, 1.807) is 40.6 Å². The van der Waals surface area contributed by atoms with Crippen molar-refractivity contribution < 1.29 is 28.8 Å². The van der Waals surface area contributed by atoms with E-state index >= 15 is 0 Å². The summed E-state index contributed by atoms with van der Waals surface area (Å²) in [5, 5.41) is 11.1. The summed E-state index contributed by atoms with van der Waals surface area (Å²) in [4.78, 5) is 13.2. The van der Waals surface area contributed by atoms with Gasteiger partial charge in [0.05, 0.1) is 33.4 Å². The minimum atomic E-state index is -0.933. The molecular weight excluding hydrogens is 360 g/mol. The molecule has 1 N–H and O–H groups in total. The molecule has 0 aliphatic heterocycles. The van der Waals surface area contributed by atoms with E-state index in [-0.39, 0.29) is 17.6 Å². The highest BCUT2D eigenvalue weighted by Crippen LogP contribution is 2.57. The van der Waals surface area contributed by atoms with Gasteiger partial charge in [-0.25, -0.2) is 0 Å². The van der Waals surface area contributed by atoms with Crippen LogP contribution in [0.25, 0.3) is 0 Å². The highest BCUT2D eigenvalue weighted by Gasteiger charge is 2.63. The summed E-state index contributed by atoms with van der Waals surface area (Å²) in [5.74, 6) is 0.416. The zero-order chi connectivity index (χ0) is 20.6. The van der Waals surface area contributed by atoms with Crippen LogP contribution in [0, 0.1) is 11.8 Å². The highest BCUT2D eigenvalue weighted by atomic mass is 16.5. The van der Waals surface area contributed by atoms with Gasteiger partial charge in [0.1, 0.15) is 5.60 Å². The Kier molecular flexibility index (Phi) is 5.55. The number of allylic oxidation sites excluding steroid dienone is 2. The first-order valence-electron chi connectivity index (χ1n) is 9.30. The summed E-state index contributed by atoms with van der Waals surface area (Å²) in [5.41, 5.74) is 0.544. The maximum Gasteiger partial charge on any atom is 0.203 e. The molecule has 2 unspecified atom stereocenters. The first-order chi connectivity index (χ1) is 13.4. The number of aliphatic hydroxyl groups excluding tert-OH is 1. The molecule has 152 valence electrons. The van der Waals surface area contributed by atoms with E-state index in [9.17, 15) is 9.90 Å². The topological polar surface area (TPSA) is 74.2 Å². The molecule has 3 rings (SSSR count). The van der Waals surface area contributed by atoms with Crippen LogP contribution < -0.4 is 14.2 Å². The minimum absolute atomic E-state index is 0.0665. The number of benzene rings is 1. The van der Waals surface area contributed by atoms with Crippen LogP contribution >= 0.6 is 0 Å². The van der Waals surface area contributed by atoms with Crippen molar-refractivity contribution in [3.05, 3.63) is 42.0 Å². The van der Waals surface area contributed by atoms with Gasteiger partial charge in [0.15, 0.2) is 17.3 Å². The van der Waals surface area contributed by atoms with Gasteiger partial charge in [-0.1, -0.05) is 13.0 Å². The lowest BCUT2D eigenvalue weighted by atomic mass is 9.79. The molecule has 6 nitrogen and oxygen atoms in total. The van der Waals surface area contributed by atoms with E-state index in [1.165, 1.54) is 0 Å². The Balaban J connectivity index is 2.17. The molecule has 1 aromatic carbocycles. The lowest BCUT2D eigenvalue weighted by Gasteiger charge is -2.36. The maximum atomic E-state index is 13.2. The summed E-state index contributed by atoms with van der Waals surface area (Å²) in [6, 6.07) is 3.69. The van der Waals surface area contributed by atoms with Crippen molar-refractivity contribution in [2.24, 2.45) is 11.8 Å². The molecule has 1 aromatic rings. The van der Waals surface area contributed by atoms with E-state index < -0.39 is 17.6 Å². The second kappa shape index (κ2) is 7.60. The van der Waals surface area contributed by atoms with Gasteiger partial charge in [0, 0.05) is 13.0 Å². The van der Waals surface area contributed by atoms with Crippen LogP contribution in [0.5, 0.6) is 17.2 Å². The number of carbonyl (C=O) groups excluding carboxylic acids is 1. The van der Waals surface area contributed by atoms with Crippen molar-refractivity contribution in [2.45, 2.75) is 31.0 Å². The third kappa shape index (κ3) is 2.74. The van der Waals surface area contributed by atoms with E-state index in [4.69, 9.17) is 18.9 Å². The second-order valence-electron chi connectivity index (χ2n) is 7.33. The standard InChI is InChI=1S/C22H28O6/c1-7-8-13-11-22(28-6)12(2)17(18(19(13)23)21(22)24)14-9-15(25-3)20(27-5)16(10-14)26-4/h7,9-12,17-18,21,24H,1,8H2,2-6H3/t12-,17?,18+,21?,22+/m1/s1. The average molecular weight is 388 g/mol. The number of hydrogen-bond donors (Lipinski definition) is 1. The molecule has 6 heteroatoms. The fourth-order valence-corrected chi connectivity index (χ4v) is 4.89. The predicted molar refractivity (Wildman–Crippen MR) is 105 cm³/mol. The molecule has 2 bridgehead atoms. The fraction of sp³-hybridized carbons (Fsp3) is 0.500. The smallest absolute Gasteiger partial charge is 0.203 e.